The van der Waals surface area contributed by atoms with E-state index in [0.717, 1.165) is 0 Å². The summed E-state index contributed by atoms with van der Waals surface area (Å²) in [7, 11) is 4.62. The van der Waals surface area contributed by atoms with E-state index in [4.69, 9.17) is 14.2 Å². The van der Waals surface area contributed by atoms with Crippen molar-refractivity contribution < 1.29 is 23.8 Å². The third kappa shape index (κ3) is 6.01. The van der Waals surface area contributed by atoms with Crippen LogP contribution in [0.2, 0.25) is 0 Å². The first kappa shape index (κ1) is 28.4. The third-order valence-corrected chi connectivity index (χ3v) is 6.88. The first-order valence-electron chi connectivity index (χ1n) is 13.0. The highest BCUT2D eigenvalue weighted by Crippen LogP contribution is 2.36. The van der Waals surface area contributed by atoms with Gasteiger partial charge >= 0.3 is 0 Å². The number of carbonyl (C=O) groups excluding carboxylic acids is 2. The normalized spacial score (nSPS) is 12.1. The second-order valence-electron chi connectivity index (χ2n) is 9.94. The zero-order chi connectivity index (χ0) is 28.9. The van der Waals surface area contributed by atoms with Crippen molar-refractivity contribution in [3.8, 4) is 17.2 Å². The topological polar surface area (TPSA) is 108 Å². The van der Waals surface area contributed by atoms with Crippen molar-refractivity contribution in [1.29, 1.82) is 0 Å². The van der Waals surface area contributed by atoms with Crippen LogP contribution in [0.5, 0.6) is 17.2 Å². The Morgan fingerprint density at radius 1 is 0.950 bits per heavy atom. The van der Waals surface area contributed by atoms with Gasteiger partial charge in [0.15, 0.2) is 11.5 Å². The quantitative estimate of drug-likeness (QED) is 0.295. The van der Waals surface area contributed by atoms with Gasteiger partial charge in [0.25, 0.3) is 0 Å². The van der Waals surface area contributed by atoms with Crippen molar-refractivity contribution in [2.24, 2.45) is 0 Å². The Morgan fingerprint density at radius 3 is 2.40 bits per heavy atom. The molecule has 0 spiro atoms. The molecule has 2 amide bonds. The monoisotopic (exact) mass is 545 g/mol. The summed E-state index contributed by atoms with van der Waals surface area (Å²) in [4.78, 5) is 29.8. The van der Waals surface area contributed by atoms with E-state index in [1.807, 2.05) is 45.0 Å². The number of carbonyl (C=O) groups is 2. The summed E-state index contributed by atoms with van der Waals surface area (Å²) in [6.45, 7) is 5.73. The predicted molar refractivity (Wildman–Crippen MR) is 153 cm³/mol. The maximum Gasteiger partial charge on any atom is 0.249 e. The van der Waals surface area contributed by atoms with Crippen LogP contribution in [0.15, 0.2) is 66.7 Å². The molecule has 10 heteroatoms. The van der Waals surface area contributed by atoms with Crippen LogP contribution in [0.3, 0.4) is 0 Å². The van der Waals surface area contributed by atoms with Crippen molar-refractivity contribution in [1.82, 2.24) is 20.3 Å². The number of hydrogen-bond acceptors (Lipinski definition) is 7. The molecule has 0 bridgehead atoms. The molecule has 210 valence electrons. The maximum absolute atomic E-state index is 14.2. The van der Waals surface area contributed by atoms with Gasteiger partial charge < -0.3 is 19.5 Å². The second-order valence-corrected chi connectivity index (χ2v) is 9.94. The largest absolute Gasteiger partial charge is 0.497 e. The van der Waals surface area contributed by atoms with Gasteiger partial charge in [0.1, 0.15) is 23.9 Å². The molecule has 1 heterocycles. The molecule has 0 radical (unpaired) electrons. The fourth-order valence-corrected chi connectivity index (χ4v) is 4.37. The Morgan fingerprint density at radius 2 is 1.70 bits per heavy atom. The van der Waals surface area contributed by atoms with Crippen LogP contribution in [0.25, 0.3) is 11.0 Å². The van der Waals surface area contributed by atoms with Crippen LogP contribution in [-0.2, 0) is 16.1 Å². The number of hydrogen-bond donors (Lipinski definition) is 1. The van der Waals surface area contributed by atoms with E-state index in [2.05, 4.69) is 15.6 Å². The van der Waals surface area contributed by atoms with Gasteiger partial charge in [-0.05, 0) is 62.2 Å². The zero-order valence-corrected chi connectivity index (χ0v) is 23.7. The number of nitrogens with zero attached hydrogens (tertiary/aromatic N) is 4. The van der Waals surface area contributed by atoms with Crippen LogP contribution >= 0.6 is 0 Å². The third-order valence-electron chi connectivity index (χ3n) is 6.88. The number of methoxy groups -OCH3 is 3. The molecular weight excluding hydrogens is 510 g/mol. The summed E-state index contributed by atoms with van der Waals surface area (Å²) in [5.41, 5.74) is 1.89. The second kappa shape index (κ2) is 12.1. The van der Waals surface area contributed by atoms with Gasteiger partial charge in [0, 0.05) is 17.3 Å². The number of rotatable bonds is 11. The summed E-state index contributed by atoms with van der Waals surface area (Å²) in [6, 6.07) is 18.6. The van der Waals surface area contributed by atoms with Crippen molar-refractivity contribution in [2.75, 3.05) is 26.2 Å². The predicted octanol–water partition coefficient (Wildman–Crippen LogP) is 4.54. The van der Waals surface area contributed by atoms with E-state index in [9.17, 15) is 9.59 Å². The average Bonchev–Trinajstić information content (AvgIpc) is 3.37. The van der Waals surface area contributed by atoms with Crippen LogP contribution in [0.1, 0.15) is 38.8 Å². The Kier molecular flexibility index (Phi) is 8.57. The van der Waals surface area contributed by atoms with E-state index in [1.54, 1.807) is 56.7 Å². The highest BCUT2D eigenvalue weighted by molar-refractivity contribution is 6.02. The molecule has 4 aromatic rings. The maximum atomic E-state index is 14.2. The standard InChI is InChI=1S/C30H35N5O5/c1-7-30(2,3)31-29(37)28(20-15-16-25(39-5)26(17-20)40-6)35(21-11-10-12-22(18-21)38-4)27(36)19-34-24-14-9-8-13-23(24)32-33-34/h8-18,28H,7,19H2,1-6H3,(H,31,37)/t28-/m0/s1. The molecule has 1 N–H and O–H groups in total. The molecule has 3 aromatic carbocycles. The molecule has 0 saturated heterocycles. The van der Waals surface area contributed by atoms with Crippen molar-refractivity contribution >= 4 is 28.5 Å². The van der Waals surface area contributed by atoms with E-state index >= 15 is 0 Å². The van der Waals surface area contributed by atoms with Gasteiger partial charge in [-0.25, -0.2) is 4.68 Å². The molecule has 1 aromatic heterocycles. The molecule has 4 rings (SSSR count). The molecule has 10 nitrogen and oxygen atoms in total. The van der Waals surface area contributed by atoms with Crippen molar-refractivity contribution in [3.05, 3.63) is 72.3 Å². The van der Waals surface area contributed by atoms with Crippen LogP contribution < -0.4 is 24.4 Å². The number of nitrogens with one attached hydrogen (secondary N) is 1. The zero-order valence-electron chi connectivity index (χ0n) is 23.7. The molecule has 0 saturated carbocycles. The Bertz CT molecular complexity index is 1500. The number of aromatic nitrogens is 3. The summed E-state index contributed by atoms with van der Waals surface area (Å²) in [5.74, 6) is 0.772. The summed E-state index contributed by atoms with van der Waals surface area (Å²) in [6.07, 6.45) is 0.690. The molecule has 0 unspecified atom stereocenters. The Balaban J connectivity index is 1.88. The Labute approximate surface area is 233 Å². The highest BCUT2D eigenvalue weighted by atomic mass is 16.5. The van der Waals surface area contributed by atoms with Gasteiger partial charge in [-0.3, -0.25) is 14.5 Å². The van der Waals surface area contributed by atoms with E-state index in [0.29, 0.717) is 46.0 Å². The summed E-state index contributed by atoms with van der Waals surface area (Å²) < 4.78 is 18.0. The van der Waals surface area contributed by atoms with Gasteiger partial charge in [-0.15, -0.1) is 5.10 Å². The lowest BCUT2D eigenvalue weighted by molar-refractivity contribution is -0.128. The van der Waals surface area contributed by atoms with E-state index in [-0.39, 0.29) is 18.4 Å². The number of benzene rings is 3. The lowest BCUT2D eigenvalue weighted by Gasteiger charge is -2.35. The van der Waals surface area contributed by atoms with Crippen molar-refractivity contribution in [2.45, 2.75) is 45.3 Å². The lowest BCUT2D eigenvalue weighted by Crippen LogP contribution is -2.51. The minimum atomic E-state index is -1.06. The van der Waals surface area contributed by atoms with Crippen LogP contribution in [0.4, 0.5) is 5.69 Å². The number of ether oxygens (including phenoxy) is 3. The summed E-state index contributed by atoms with van der Waals surface area (Å²) >= 11 is 0. The van der Waals surface area contributed by atoms with E-state index in [1.165, 1.54) is 16.7 Å². The summed E-state index contributed by atoms with van der Waals surface area (Å²) in [5, 5.41) is 11.5. The first-order chi connectivity index (χ1) is 19.2. The van der Waals surface area contributed by atoms with Gasteiger partial charge in [-0.2, -0.15) is 0 Å². The first-order valence-corrected chi connectivity index (χ1v) is 13.0. The fourth-order valence-electron chi connectivity index (χ4n) is 4.37. The fraction of sp³-hybridized carbons (Fsp3) is 0.333. The SMILES string of the molecule is CCC(C)(C)NC(=O)[C@H](c1ccc(OC)c(OC)c1)N(C(=O)Cn1nnc2ccccc21)c1cccc(OC)c1. The molecule has 0 aliphatic heterocycles. The minimum Gasteiger partial charge on any atom is -0.497 e. The van der Waals surface area contributed by atoms with E-state index < -0.39 is 11.6 Å². The smallest absolute Gasteiger partial charge is 0.249 e. The lowest BCUT2D eigenvalue weighted by atomic mass is 9.97. The molecule has 0 fully saturated rings. The molecule has 0 aliphatic carbocycles. The molecule has 40 heavy (non-hydrogen) atoms. The van der Waals surface area contributed by atoms with Gasteiger partial charge in [-0.1, -0.05) is 36.4 Å². The Hall–Kier alpha value is -4.60. The highest BCUT2D eigenvalue weighted by Gasteiger charge is 2.36. The van der Waals surface area contributed by atoms with Gasteiger partial charge in [0.2, 0.25) is 11.8 Å². The number of para-hydroxylation sites is 1. The molecular formula is C30H35N5O5. The van der Waals surface area contributed by atoms with Gasteiger partial charge in [0.05, 0.1) is 26.8 Å². The number of anilines is 1. The van der Waals surface area contributed by atoms with Crippen molar-refractivity contribution in [3.63, 3.8) is 0 Å². The minimum absolute atomic E-state index is 0.147. The number of fused-ring (bicyclic) bond motifs is 1. The van der Waals surface area contributed by atoms with Crippen LogP contribution in [-0.4, -0.2) is 53.7 Å². The number of amides is 2. The molecule has 0 aliphatic rings. The average molecular weight is 546 g/mol. The van der Waals surface area contributed by atoms with Crippen LogP contribution in [0, 0.1) is 0 Å². The molecule has 1 atom stereocenters.